The molecule has 0 bridgehead atoms. The normalized spacial score (nSPS) is 11.9. The van der Waals surface area contributed by atoms with Gasteiger partial charge >= 0.3 is 12.0 Å². The van der Waals surface area contributed by atoms with E-state index in [0.29, 0.717) is 17.8 Å². The largest absolute Gasteiger partial charge is 0.480 e. The van der Waals surface area contributed by atoms with Crippen LogP contribution in [0.15, 0.2) is 102 Å². The van der Waals surface area contributed by atoms with Crippen LogP contribution in [0.5, 0.6) is 0 Å². The summed E-state index contributed by atoms with van der Waals surface area (Å²) in [7, 11) is -4.31. The van der Waals surface area contributed by atoms with Gasteiger partial charge < -0.3 is 15.7 Å². The van der Waals surface area contributed by atoms with Crippen molar-refractivity contribution in [2.45, 2.75) is 23.9 Å². The number of carbonyl (C=O) groups is 2. The summed E-state index contributed by atoms with van der Waals surface area (Å²) in [6.07, 6.45) is -0.111. The van der Waals surface area contributed by atoms with E-state index in [0.717, 1.165) is 16.7 Å². The van der Waals surface area contributed by atoms with Crippen LogP contribution >= 0.6 is 23.2 Å². The zero-order valence-corrected chi connectivity index (χ0v) is 23.3. The van der Waals surface area contributed by atoms with E-state index in [9.17, 15) is 23.1 Å². The number of anilines is 1. The first-order chi connectivity index (χ1) is 19.1. The quantitative estimate of drug-likeness (QED) is 0.180. The summed E-state index contributed by atoms with van der Waals surface area (Å²) in [5, 5.41) is 15.1. The molecule has 4 rings (SSSR count). The molecule has 0 aliphatic heterocycles. The average molecular weight is 599 g/mol. The molecule has 2 amide bonds. The third-order valence-corrected chi connectivity index (χ3v) is 8.35. The van der Waals surface area contributed by atoms with Gasteiger partial charge in [-0.15, -0.1) is 0 Å². The molecule has 0 fully saturated rings. The number of carbonyl (C=O) groups excluding carboxylic acids is 1. The first-order valence-electron chi connectivity index (χ1n) is 12.1. The maximum atomic E-state index is 12.9. The molecular formula is C29H25Cl2N3O5S. The van der Waals surface area contributed by atoms with Gasteiger partial charge in [-0.25, -0.2) is 13.2 Å². The van der Waals surface area contributed by atoms with E-state index in [2.05, 4.69) is 15.4 Å². The lowest BCUT2D eigenvalue weighted by Gasteiger charge is -2.16. The van der Waals surface area contributed by atoms with E-state index in [1.807, 2.05) is 48.5 Å². The van der Waals surface area contributed by atoms with Crippen molar-refractivity contribution < 1.29 is 23.1 Å². The molecule has 0 heterocycles. The van der Waals surface area contributed by atoms with Crippen molar-refractivity contribution >= 4 is 50.9 Å². The summed E-state index contributed by atoms with van der Waals surface area (Å²) in [5.41, 5.74) is 3.84. The molecule has 4 aromatic rings. The van der Waals surface area contributed by atoms with E-state index in [1.54, 1.807) is 30.3 Å². The van der Waals surface area contributed by atoms with E-state index in [4.69, 9.17) is 23.2 Å². The Kier molecular flexibility index (Phi) is 9.44. The minimum atomic E-state index is -4.31. The Hall–Kier alpha value is -3.89. The molecule has 0 aromatic heterocycles. The summed E-state index contributed by atoms with van der Waals surface area (Å²) >= 11 is 12.0. The van der Waals surface area contributed by atoms with Crippen molar-refractivity contribution in [2.75, 3.05) is 5.32 Å². The number of urea groups is 1. The van der Waals surface area contributed by atoms with Gasteiger partial charge in [-0.3, -0.25) is 4.79 Å². The van der Waals surface area contributed by atoms with Crippen LogP contribution in [0.3, 0.4) is 0 Å². The number of benzene rings is 4. The Labute approximate surface area is 242 Å². The Morgan fingerprint density at radius 3 is 2.08 bits per heavy atom. The summed E-state index contributed by atoms with van der Waals surface area (Å²) in [6, 6.07) is 26.3. The number of carboxylic acids is 1. The maximum Gasteiger partial charge on any atom is 0.322 e. The molecule has 4 N–H and O–H groups in total. The van der Waals surface area contributed by atoms with Gasteiger partial charge in [-0.1, -0.05) is 96.0 Å². The summed E-state index contributed by atoms with van der Waals surface area (Å²) in [5.74, 6) is -1.35. The third-order valence-electron chi connectivity index (χ3n) is 5.93. The van der Waals surface area contributed by atoms with Crippen LogP contribution in [0.1, 0.15) is 11.1 Å². The number of hydrogen-bond acceptors (Lipinski definition) is 4. The van der Waals surface area contributed by atoms with Crippen molar-refractivity contribution in [3.63, 3.8) is 0 Å². The van der Waals surface area contributed by atoms with Gasteiger partial charge in [-0.2, -0.15) is 4.72 Å². The summed E-state index contributed by atoms with van der Waals surface area (Å²) in [4.78, 5) is 23.8. The maximum absolute atomic E-state index is 12.9. The van der Waals surface area contributed by atoms with E-state index in [1.165, 1.54) is 18.2 Å². The van der Waals surface area contributed by atoms with Crippen LogP contribution < -0.4 is 15.4 Å². The van der Waals surface area contributed by atoms with Crippen LogP contribution in [0.2, 0.25) is 10.0 Å². The minimum absolute atomic E-state index is 0.111. The zero-order valence-electron chi connectivity index (χ0n) is 21.0. The summed E-state index contributed by atoms with van der Waals surface area (Å²) < 4.78 is 27.9. The van der Waals surface area contributed by atoms with Gasteiger partial charge in [0, 0.05) is 12.2 Å². The topological polar surface area (TPSA) is 125 Å². The monoisotopic (exact) mass is 597 g/mol. The Morgan fingerprint density at radius 2 is 1.43 bits per heavy atom. The molecule has 4 aromatic carbocycles. The molecule has 0 radical (unpaired) electrons. The third kappa shape index (κ3) is 7.61. The number of amides is 2. The number of nitrogens with one attached hydrogen (secondary N) is 3. The van der Waals surface area contributed by atoms with E-state index in [-0.39, 0.29) is 27.4 Å². The lowest BCUT2D eigenvalue weighted by Crippen LogP contribution is -2.42. The Balaban J connectivity index is 1.42. The number of halogens is 2. The molecular weight excluding hydrogens is 573 g/mol. The fourth-order valence-electron chi connectivity index (χ4n) is 3.96. The highest BCUT2D eigenvalue weighted by Crippen LogP contribution is 2.29. The highest BCUT2D eigenvalue weighted by molar-refractivity contribution is 7.89. The number of sulfonamides is 1. The smallest absolute Gasteiger partial charge is 0.322 e. The van der Waals surface area contributed by atoms with Crippen LogP contribution in [0, 0.1) is 0 Å². The fraction of sp³-hybridized carbons (Fsp3) is 0.103. The molecule has 40 heavy (non-hydrogen) atoms. The van der Waals surface area contributed by atoms with Crippen LogP contribution in [-0.4, -0.2) is 31.6 Å². The number of aliphatic carboxylic acids is 1. The Bertz CT molecular complexity index is 1590. The van der Waals surface area contributed by atoms with Gasteiger partial charge in [-0.05, 0) is 52.9 Å². The van der Waals surface area contributed by atoms with Gasteiger partial charge in [0.2, 0.25) is 10.0 Å². The van der Waals surface area contributed by atoms with E-state index < -0.39 is 22.0 Å². The molecule has 1 unspecified atom stereocenters. The van der Waals surface area contributed by atoms with Crippen molar-refractivity contribution in [2.24, 2.45) is 0 Å². The van der Waals surface area contributed by atoms with Gasteiger partial charge in [0.25, 0.3) is 0 Å². The minimum Gasteiger partial charge on any atom is -0.480 e. The van der Waals surface area contributed by atoms with Crippen molar-refractivity contribution in [1.82, 2.24) is 10.0 Å². The van der Waals surface area contributed by atoms with Crippen LogP contribution in [0.25, 0.3) is 11.1 Å². The van der Waals surface area contributed by atoms with Gasteiger partial charge in [0.15, 0.2) is 0 Å². The highest BCUT2D eigenvalue weighted by Gasteiger charge is 2.29. The SMILES string of the molecule is O=C(NCc1ccccc1)Nc1cccc(-c2ccc(CC(NS(=O)(=O)c3c(Cl)cccc3Cl)C(=O)O)cc2)c1. The van der Waals surface area contributed by atoms with E-state index >= 15 is 0 Å². The van der Waals surface area contributed by atoms with Crippen LogP contribution in [0.4, 0.5) is 10.5 Å². The molecule has 0 spiro atoms. The molecule has 0 saturated carbocycles. The molecule has 0 aliphatic carbocycles. The van der Waals surface area contributed by atoms with Gasteiger partial charge in [0.1, 0.15) is 10.9 Å². The molecule has 0 aliphatic rings. The lowest BCUT2D eigenvalue weighted by atomic mass is 10.0. The molecule has 0 saturated heterocycles. The van der Waals surface area contributed by atoms with Gasteiger partial charge in [0.05, 0.1) is 10.0 Å². The second-order valence-electron chi connectivity index (χ2n) is 8.84. The van der Waals surface area contributed by atoms with Crippen molar-refractivity contribution in [3.8, 4) is 11.1 Å². The zero-order chi connectivity index (χ0) is 28.7. The predicted octanol–water partition coefficient (Wildman–Crippen LogP) is 5.96. The fourth-order valence-corrected chi connectivity index (χ4v) is 6.30. The highest BCUT2D eigenvalue weighted by atomic mass is 35.5. The second-order valence-corrected chi connectivity index (χ2v) is 11.3. The average Bonchev–Trinajstić information content (AvgIpc) is 2.92. The first kappa shape index (κ1) is 29.1. The van der Waals surface area contributed by atoms with Crippen LogP contribution in [-0.2, 0) is 27.8 Å². The molecule has 8 nitrogen and oxygen atoms in total. The standard InChI is InChI=1S/C29H25Cl2N3O5S/c30-24-10-5-11-25(31)27(24)40(38,39)34-26(28(35)36)16-19-12-14-21(15-13-19)22-8-4-9-23(17-22)33-29(37)32-18-20-6-2-1-3-7-20/h1-15,17,26,34H,16,18H2,(H,35,36)(H2,32,33,37). The number of rotatable bonds is 10. The molecule has 206 valence electrons. The molecule has 11 heteroatoms. The second kappa shape index (κ2) is 13.0. The molecule has 1 atom stereocenters. The predicted molar refractivity (Wildman–Crippen MR) is 156 cm³/mol. The number of carboxylic acid groups (broad SMARTS) is 1. The lowest BCUT2D eigenvalue weighted by molar-refractivity contribution is -0.138. The Morgan fingerprint density at radius 1 is 0.775 bits per heavy atom. The summed E-state index contributed by atoms with van der Waals surface area (Å²) in [6.45, 7) is 0.396. The van der Waals surface area contributed by atoms with Crippen molar-refractivity contribution in [1.29, 1.82) is 0 Å². The van der Waals surface area contributed by atoms with Crippen molar-refractivity contribution in [3.05, 3.63) is 118 Å². The number of hydrogen-bond donors (Lipinski definition) is 4. The first-order valence-corrected chi connectivity index (χ1v) is 14.3.